The van der Waals surface area contributed by atoms with Crippen LogP contribution in [0.4, 0.5) is 0 Å². The van der Waals surface area contributed by atoms with Crippen molar-refractivity contribution in [1.82, 2.24) is 10.2 Å². The van der Waals surface area contributed by atoms with Gasteiger partial charge in [-0.05, 0) is 12.8 Å². The Kier molecular flexibility index (Phi) is 4.73. The predicted octanol–water partition coefficient (Wildman–Crippen LogP) is -0.434. The smallest absolute Gasteiger partial charge is 0.222 e. The summed E-state index contributed by atoms with van der Waals surface area (Å²) in [6, 6.07) is 0. The molecule has 5 nitrogen and oxygen atoms in total. The van der Waals surface area contributed by atoms with Gasteiger partial charge in [-0.2, -0.15) is 0 Å². The number of nitrogens with zero attached hydrogens (tertiary/aromatic N) is 1. The highest BCUT2D eigenvalue weighted by Crippen LogP contribution is 2.22. The Bertz CT molecular complexity index is 268. The van der Waals surface area contributed by atoms with E-state index in [1.54, 1.807) is 0 Å². The zero-order valence-electron chi connectivity index (χ0n) is 10.0. The van der Waals surface area contributed by atoms with Gasteiger partial charge in [-0.3, -0.25) is 9.59 Å². The van der Waals surface area contributed by atoms with Crippen LogP contribution in [0, 0.1) is 11.8 Å². The standard InChI is InChI=1S/C11H21N3O2/c1-3-13-10(15)4-5-14-6-8(2)9(7-14)11(12)16/h8-9H,3-7H2,1-2H3,(H2,12,16)(H,13,15)/t8-,9-/m1/s1. The fourth-order valence-corrected chi connectivity index (χ4v) is 2.17. The Morgan fingerprint density at radius 3 is 2.62 bits per heavy atom. The third-order valence-corrected chi connectivity index (χ3v) is 3.08. The van der Waals surface area contributed by atoms with Crippen molar-refractivity contribution in [3.8, 4) is 0 Å². The summed E-state index contributed by atoms with van der Waals surface area (Å²) in [5.41, 5.74) is 5.31. The zero-order valence-corrected chi connectivity index (χ0v) is 10.0. The molecule has 0 bridgehead atoms. The molecule has 1 heterocycles. The van der Waals surface area contributed by atoms with Crippen molar-refractivity contribution in [1.29, 1.82) is 0 Å². The van der Waals surface area contributed by atoms with E-state index in [2.05, 4.69) is 10.2 Å². The van der Waals surface area contributed by atoms with E-state index in [4.69, 9.17) is 5.73 Å². The third-order valence-electron chi connectivity index (χ3n) is 3.08. The van der Waals surface area contributed by atoms with Crippen LogP contribution in [0.2, 0.25) is 0 Å². The first-order chi connectivity index (χ1) is 7.54. The quantitative estimate of drug-likeness (QED) is 0.669. The predicted molar refractivity (Wildman–Crippen MR) is 61.6 cm³/mol. The van der Waals surface area contributed by atoms with Crippen molar-refractivity contribution in [2.24, 2.45) is 17.6 Å². The summed E-state index contributed by atoms with van der Waals surface area (Å²) in [5, 5.41) is 2.76. The monoisotopic (exact) mass is 227 g/mol. The van der Waals surface area contributed by atoms with Crippen LogP contribution in [-0.2, 0) is 9.59 Å². The molecule has 1 rings (SSSR count). The molecule has 0 aromatic carbocycles. The fraction of sp³-hybridized carbons (Fsp3) is 0.818. The van der Waals surface area contributed by atoms with E-state index in [0.717, 1.165) is 6.54 Å². The number of amides is 2. The summed E-state index contributed by atoms with van der Waals surface area (Å²) in [7, 11) is 0. The van der Waals surface area contributed by atoms with Crippen molar-refractivity contribution < 1.29 is 9.59 Å². The van der Waals surface area contributed by atoms with E-state index < -0.39 is 0 Å². The number of carbonyl (C=O) groups is 2. The second-order valence-corrected chi connectivity index (χ2v) is 4.45. The number of primary amides is 1. The first kappa shape index (κ1) is 13.0. The van der Waals surface area contributed by atoms with Crippen LogP contribution in [0.3, 0.4) is 0 Å². The molecule has 2 amide bonds. The number of rotatable bonds is 5. The van der Waals surface area contributed by atoms with Gasteiger partial charge in [0.25, 0.3) is 0 Å². The van der Waals surface area contributed by atoms with Crippen LogP contribution in [0.5, 0.6) is 0 Å². The van der Waals surface area contributed by atoms with Gasteiger partial charge < -0.3 is 16.0 Å². The first-order valence-electron chi connectivity index (χ1n) is 5.83. The van der Waals surface area contributed by atoms with E-state index in [-0.39, 0.29) is 17.7 Å². The molecule has 92 valence electrons. The number of nitrogens with two attached hydrogens (primary N) is 1. The summed E-state index contributed by atoms with van der Waals surface area (Å²) in [4.78, 5) is 24.5. The van der Waals surface area contributed by atoms with Crippen LogP contribution < -0.4 is 11.1 Å². The van der Waals surface area contributed by atoms with Gasteiger partial charge in [0.1, 0.15) is 0 Å². The molecule has 0 spiro atoms. The maximum Gasteiger partial charge on any atom is 0.222 e. The number of nitrogens with one attached hydrogen (secondary N) is 1. The molecule has 2 atom stereocenters. The molecular formula is C11H21N3O2. The molecule has 1 aliphatic heterocycles. The van der Waals surface area contributed by atoms with Crippen molar-refractivity contribution in [2.45, 2.75) is 20.3 Å². The highest BCUT2D eigenvalue weighted by Gasteiger charge is 2.33. The van der Waals surface area contributed by atoms with Gasteiger partial charge in [-0.15, -0.1) is 0 Å². The topological polar surface area (TPSA) is 75.4 Å². The fourth-order valence-electron chi connectivity index (χ4n) is 2.17. The summed E-state index contributed by atoms with van der Waals surface area (Å²) in [5.74, 6) is 0.0756. The van der Waals surface area contributed by atoms with Gasteiger partial charge in [0.15, 0.2) is 0 Å². The molecule has 3 N–H and O–H groups in total. The number of carbonyl (C=O) groups excluding carboxylic acids is 2. The number of likely N-dealkylation sites (tertiary alicyclic amines) is 1. The highest BCUT2D eigenvalue weighted by molar-refractivity contribution is 5.77. The van der Waals surface area contributed by atoms with Gasteiger partial charge in [0, 0.05) is 32.6 Å². The molecule has 5 heteroatoms. The van der Waals surface area contributed by atoms with Gasteiger partial charge in [-0.1, -0.05) is 6.92 Å². The molecule has 0 radical (unpaired) electrons. The maximum absolute atomic E-state index is 11.3. The normalized spacial score (nSPS) is 25.6. The van der Waals surface area contributed by atoms with Crippen LogP contribution in [-0.4, -0.2) is 42.9 Å². The number of hydrogen-bond acceptors (Lipinski definition) is 3. The summed E-state index contributed by atoms with van der Waals surface area (Å²) >= 11 is 0. The van der Waals surface area contributed by atoms with Gasteiger partial charge in [0.05, 0.1) is 5.92 Å². The summed E-state index contributed by atoms with van der Waals surface area (Å²) in [6.45, 7) is 6.85. The molecule has 0 unspecified atom stereocenters. The Labute approximate surface area is 96.4 Å². The highest BCUT2D eigenvalue weighted by atomic mass is 16.2. The minimum Gasteiger partial charge on any atom is -0.369 e. The maximum atomic E-state index is 11.3. The molecule has 0 aromatic heterocycles. The van der Waals surface area contributed by atoms with Gasteiger partial charge in [0.2, 0.25) is 11.8 Å². The lowest BCUT2D eigenvalue weighted by Crippen LogP contribution is -2.31. The van der Waals surface area contributed by atoms with Crippen molar-refractivity contribution in [3.05, 3.63) is 0 Å². The number of hydrogen-bond donors (Lipinski definition) is 2. The molecule has 0 aliphatic carbocycles. The zero-order chi connectivity index (χ0) is 12.1. The second-order valence-electron chi connectivity index (χ2n) is 4.45. The van der Waals surface area contributed by atoms with Crippen LogP contribution in [0.25, 0.3) is 0 Å². The average Bonchev–Trinajstić information content (AvgIpc) is 2.57. The second kappa shape index (κ2) is 5.84. The van der Waals surface area contributed by atoms with Gasteiger partial charge in [-0.25, -0.2) is 0 Å². The van der Waals surface area contributed by atoms with Crippen molar-refractivity contribution >= 4 is 11.8 Å². The third kappa shape index (κ3) is 3.48. The van der Waals surface area contributed by atoms with Crippen LogP contribution in [0.15, 0.2) is 0 Å². The molecule has 0 saturated carbocycles. The molecule has 1 saturated heterocycles. The first-order valence-corrected chi connectivity index (χ1v) is 5.83. The minimum absolute atomic E-state index is 0.0609. The average molecular weight is 227 g/mol. The van der Waals surface area contributed by atoms with Crippen LogP contribution >= 0.6 is 0 Å². The lowest BCUT2D eigenvalue weighted by Gasteiger charge is -2.14. The van der Waals surface area contributed by atoms with Gasteiger partial charge >= 0.3 is 0 Å². The molecular weight excluding hydrogens is 206 g/mol. The Balaban J connectivity index is 2.30. The molecule has 16 heavy (non-hydrogen) atoms. The van der Waals surface area contributed by atoms with E-state index in [9.17, 15) is 9.59 Å². The molecule has 0 aromatic rings. The van der Waals surface area contributed by atoms with Crippen LogP contribution in [0.1, 0.15) is 20.3 Å². The van der Waals surface area contributed by atoms with E-state index in [1.165, 1.54) is 0 Å². The van der Waals surface area contributed by atoms with E-state index >= 15 is 0 Å². The van der Waals surface area contributed by atoms with Crippen molar-refractivity contribution in [3.63, 3.8) is 0 Å². The lowest BCUT2D eigenvalue weighted by molar-refractivity contribution is -0.122. The SMILES string of the molecule is CCNC(=O)CCN1C[C@@H](C)[C@H](C(N)=O)C1. The van der Waals surface area contributed by atoms with E-state index in [0.29, 0.717) is 32.0 Å². The molecule has 1 aliphatic rings. The minimum atomic E-state index is -0.229. The largest absolute Gasteiger partial charge is 0.369 e. The van der Waals surface area contributed by atoms with E-state index in [1.807, 2.05) is 13.8 Å². The Morgan fingerprint density at radius 1 is 1.44 bits per heavy atom. The Morgan fingerprint density at radius 2 is 2.12 bits per heavy atom. The Hall–Kier alpha value is -1.10. The summed E-state index contributed by atoms with van der Waals surface area (Å²) < 4.78 is 0. The summed E-state index contributed by atoms with van der Waals surface area (Å²) in [6.07, 6.45) is 0.492. The van der Waals surface area contributed by atoms with Crippen molar-refractivity contribution in [2.75, 3.05) is 26.2 Å². The lowest BCUT2D eigenvalue weighted by atomic mass is 9.98. The molecule has 1 fully saturated rings.